The third-order valence-corrected chi connectivity index (χ3v) is 6.86. The van der Waals surface area contributed by atoms with Gasteiger partial charge in [0.15, 0.2) is 17.5 Å². The van der Waals surface area contributed by atoms with Crippen LogP contribution in [0.4, 0.5) is 18.9 Å². The van der Waals surface area contributed by atoms with Gasteiger partial charge in [-0.15, -0.1) is 0 Å². The van der Waals surface area contributed by atoms with Crippen LogP contribution in [0.5, 0.6) is 0 Å². The Kier molecular flexibility index (Phi) is 7.56. The molecule has 182 valence electrons. The van der Waals surface area contributed by atoms with Gasteiger partial charge in [0.25, 0.3) is 5.91 Å². The Morgan fingerprint density at radius 2 is 1.59 bits per heavy atom. The second-order valence-corrected chi connectivity index (χ2v) is 9.12. The van der Waals surface area contributed by atoms with Crippen LogP contribution in [0.15, 0.2) is 36.4 Å². The van der Waals surface area contributed by atoms with E-state index in [0.717, 1.165) is 37.7 Å². The van der Waals surface area contributed by atoms with Crippen molar-refractivity contribution in [2.45, 2.75) is 45.1 Å². The SMILES string of the molecule is Cc1c(C(=O)N2CCC(N(C(=O)CN3CCCCC3)c3ccccc3)CC2)cc(F)c(F)c1F. The van der Waals surface area contributed by atoms with E-state index in [1.54, 1.807) is 0 Å². The van der Waals surface area contributed by atoms with Crippen molar-refractivity contribution < 1.29 is 22.8 Å². The smallest absolute Gasteiger partial charge is 0.254 e. The van der Waals surface area contributed by atoms with E-state index in [1.807, 2.05) is 35.2 Å². The van der Waals surface area contributed by atoms with Gasteiger partial charge in [0.1, 0.15) is 0 Å². The van der Waals surface area contributed by atoms with E-state index >= 15 is 0 Å². The largest absolute Gasteiger partial charge is 0.338 e. The number of benzene rings is 2. The Balaban J connectivity index is 1.47. The van der Waals surface area contributed by atoms with E-state index in [-0.39, 0.29) is 23.1 Å². The molecule has 0 bridgehead atoms. The maximum Gasteiger partial charge on any atom is 0.254 e. The second-order valence-electron chi connectivity index (χ2n) is 9.12. The lowest BCUT2D eigenvalue weighted by atomic mass is 9.99. The van der Waals surface area contributed by atoms with E-state index in [0.29, 0.717) is 32.5 Å². The summed E-state index contributed by atoms with van der Waals surface area (Å²) in [6.07, 6.45) is 4.47. The number of hydrogen-bond donors (Lipinski definition) is 0. The molecule has 0 saturated carbocycles. The van der Waals surface area contributed by atoms with E-state index < -0.39 is 23.4 Å². The summed E-state index contributed by atoms with van der Waals surface area (Å²) in [5.41, 5.74) is 0.456. The van der Waals surface area contributed by atoms with E-state index in [9.17, 15) is 22.8 Å². The van der Waals surface area contributed by atoms with Crippen LogP contribution in [0.1, 0.15) is 48.0 Å². The summed E-state index contributed by atoms with van der Waals surface area (Å²) in [6.45, 7) is 4.15. The lowest BCUT2D eigenvalue weighted by Gasteiger charge is -2.39. The third kappa shape index (κ3) is 5.12. The molecular formula is C26H30F3N3O2. The molecule has 2 aromatic carbocycles. The minimum Gasteiger partial charge on any atom is -0.338 e. The number of halogens is 3. The first kappa shape index (κ1) is 24.3. The molecule has 2 heterocycles. The van der Waals surface area contributed by atoms with E-state index in [1.165, 1.54) is 18.2 Å². The van der Waals surface area contributed by atoms with Crippen LogP contribution in [-0.4, -0.2) is 60.4 Å². The van der Waals surface area contributed by atoms with Gasteiger partial charge >= 0.3 is 0 Å². The number of para-hydroxylation sites is 1. The molecule has 34 heavy (non-hydrogen) atoms. The van der Waals surface area contributed by atoms with Crippen molar-refractivity contribution in [3.63, 3.8) is 0 Å². The molecule has 0 N–H and O–H groups in total. The molecule has 2 saturated heterocycles. The highest BCUT2D eigenvalue weighted by molar-refractivity contribution is 5.97. The minimum absolute atomic E-state index is 0.0383. The Bertz CT molecular complexity index is 1030. The van der Waals surface area contributed by atoms with Gasteiger partial charge in [-0.2, -0.15) is 0 Å². The van der Waals surface area contributed by atoms with Crippen molar-refractivity contribution in [3.05, 3.63) is 65.0 Å². The monoisotopic (exact) mass is 473 g/mol. The highest BCUT2D eigenvalue weighted by Crippen LogP contribution is 2.27. The second kappa shape index (κ2) is 10.6. The van der Waals surface area contributed by atoms with Gasteiger partial charge in [-0.05, 0) is 63.9 Å². The summed E-state index contributed by atoms with van der Waals surface area (Å²) in [5, 5.41) is 0. The van der Waals surface area contributed by atoms with Gasteiger partial charge in [0.05, 0.1) is 6.54 Å². The zero-order valence-corrected chi connectivity index (χ0v) is 19.4. The fourth-order valence-corrected chi connectivity index (χ4v) is 4.94. The van der Waals surface area contributed by atoms with Crippen molar-refractivity contribution in [2.75, 3.05) is 37.6 Å². The number of nitrogens with zero attached hydrogens (tertiary/aromatic N) is 3. The summed E-state index contributed by atoms with van der Waals surface area (Å²) >= 11 is 0. The van der Waals surface area contributed by atoms with Crippen molar-refractivity contribution in [1.29, 1.82) is 0 Å². The summed E-state index contributed by atoms with van der Waals surface area (Å²) in [7, 11) is 0. The zero-order chi connectivity index (χ0) is 24.2. The first-order chi connectivity index (χ1) is 16.4. The number of likely N-dealkylation sites (tertiary alicyclic amines) is 2. The van der Waals surface area contributed by atoms with Gasteiger partial charge in [-0.25, -0.2) is 13.2 Å². The number of piperidine rings is 2. The molecule has 0 spiro atoms. The average molecular weight is 474 g/mol. The van der Waals surface area contributed by atoms with Gasteiger partial charge in [-0.1, -0.05) is 24.6 Å². The molecule has 2 aliphatic heterocycles. The lowest BCUT2D eigenvalue weighted by Crippen LogP contribution is -2.51. The Morgan fingerprint density at radius 1 is 0.941 bits per heavy atom. The number of hydrogen-bond acceptors (Lipinski definition) is 3. The molecule has 0 radical (unpaired) electrons. The van der Waals surface area contributed by atoms with Crippen LogP contribution in [-0.2, 0) is 4.79 Å². The van der Waals surface area contributed by atoms with Crippen LogP contribution in [0.25, 0.3) is 0 Å². The van der Waals surface area contributed by atoms with Gasteiger partial charge in [-0.3, -0.25) is 14.5 Å². The molecule has 2 aromatic rings. The number of amides is 2. The lowest BCUT2D eigenvalue weighted by molar-refractivity contribution is -0.120. The number of anilines is 1. The minimum atomic E-state index is -1.57. The fraction of sp³-hybridized carbons (Fsp3) is 0.462. The quantitative estimate of drug-likeness (QED) is 0.599. The number of carbonyl (C=O) groups is 2. The summed E-state index contributed by atoms with van der Waals surface area (Å²) in [5.74, 6) is -4.77. The van der Waals surface area contributed by atoms with Crippen molar-refractivity contribution in [1.82, 2.24) is 9.80 Å². The van der Waals surface area contributed by atoms with Crippen LogP contribution in [0, 0.1) is 24.4 Å². The predicted molar refractivity (Wildman–Crippen MR) is 124 cm³/mol. The highest BCUT2D eigenvalue weighted by atomic mass is 19.2. The average Bonchev–Trinajstić information content (AvgIpc) is 2.86. The summed E-state index contributed by atoms with van der Waals surface area (Å²) in [6, 6.07) is 10.2. The predicted octanol–water partition coefficient (Wildman–Crippen LogP) is 4.54. The van der Waals surface area contributed by atoms with Crippen LogP contribution in [0.2, 0.25) is 0 Å². The third-order valence-electron chi connectivity index (χ3n) is 6.86. The van der Waals surface area contributed by atoms with Crippen molar-refractivity contribution in [2.24, 2.45) is 0 Å². The van der Waals surface area contributed by atoms with Crippen molar-refractivity contribution >= 4 is 17.5 Å². The Morgan fingerprint density at radius 3 is 2.24 bits per heavy atom. The molecule has 0 atom stereocenters. The van der Waals surface area contributed by atoms with Crippen LogP contribution in [0.3, 0.4) is 0 Å². The van der Waals surface area contributed by atoms with Gasteiger partial charge < -0.3 is 9.80 Å². The van der Waals surface area contributed by atoms with E-state index in [4.69, 9.17) is 0 Å². The normalized spacial score (nSPS) is 17.6. The topological polar surface area (TPSA) is 43.9 Å². The number of carbonyl (C=O) groups excluding carboxylic acids is 2. The maximum absolute atomic E-state index is 14.0. The van der Waals surface area contributed by atoms with E-state index in [2.05, 4.69) is 4.90 Å². The number of rotatable bonds is 5. The summed E-state index contributed by atoms with van der Waals surface area (Å²) < 4.78 is 41.2. The molecule has 8 heteroatoms. The molecule has 5 nitrogen and oxygen atoms in total. The van der Waals surface area contributed by atoms with Gasteiger partial charge in [0, 0.05) is 35.9 Å². The molecule has 0 aromatic heterocycles. The van der Waals surface area contributed by atoms with Gasteiger partial charge in [0.2, 0.25) is 5.91 Å². The molecule has 2 amide bonds. The molecule has 2 fully saturated rings. The standard InChI is InChI=1S/C26H30F3N3O2/c1-18-21(16-22(27)25(29)24(18)28)26(34)31-14-10-20(11-15-31)32(19-8-4-2-5-9-19)23(33)17-30-12-6-3-7-13-30/h2,4-5,8-9,16,20H,3,6-7,10-15,17H2,1H3. The first-order valence-electron chi connectivity index (χ1n) is 11.9. The van der Waals surface area contributed by atoms with Crippen LogP contribution < -0.4 is 4.90 Å². The van der Waals surface area contributed by atoms with Crippen LogP contribution >= 0.6 is 0 Å². The first-order valence-corrected chi connectivity index (χ1v) is 11.9. The molecule has 2 aliphatic rings. The Labute approximate surface area is 198 Å². The molecule has 0 aliphatic carbocycles. The maximum atomic E-state index is 14.0. The molecule has 0 unspecified atom stereocenters. The summed E-state index contributed by atoms with van der Waals surface area (Å²) in [4.78, 5) is 31.9. The zero-order valence-electron chi connectivity index (χ0n) is 19.4. The molecule has 4 rings (SSSR count). The van der Waals surface area contributed by atoms with Crippen molar-refractivity contribution in [3.8, 4) is 0 Å². The fourth-order valence-electron chi connectivity index (χ4n) is 4.94. The Hall–Kier alpha value is -2.87. The molecular weight excluding hydrogens is 443 g/mol. The highest BCUT2D eigenvalue weighted by Gasteiger charge is 2.33.